The predicted octanol–water partition coefficient (Wildman–Crippen LogP) is 5.98. The van der Waals surface area contributed by atoms with Crippen molar-refractivity contribution in [2.75, 3.05) is 11.9 Å². The third kappa shape index (κ3) is 5.75. The summed E-state index contributed by atoms with van der Waals surface area (Å²) in [5.41, 5.74) is 5.18. The van der Waals surface area contributed by atoms with Gasteiger partial charge >= 0.3 is 0 Å². The van der Waals surface area contributed by atoms with Crippen molar-refractivity contribution in [3.8, 4) is 0 Å². The van der Waals surface area contributed by atoms with E-state index < -0.39 is 10.0 Å². The summed E-state index contributed by atoms with van der Waals surface area (Å²) in [6.45, 7) is 4.58. The SMILES string of the molecule is Cc1cc(C)c2nc(N(Cc3cccnc3)C(=O)c3ccc(S(=O)(=O)N(C)Cc4ccccc4)cc3)sc2c1. The van der Waals surface area contributed by atoms with Gasteiger partial charge in [-0.3, -0.25) is 14.7 Å². The second kappa shape index (κ2) is 11.1. The van der Waals surface area contributed by atoms with Crippen LogP contribution in [-0.2, 0) is 23.1 Å². The summed E-state index contributed by atoms with van der Waals surface area (Å²) in [6.07, 6.45) is 3.41. The number of rotatable bonds is 8. The number of pyridine rings is 1. The summed E-state index contributed by atoms with van der Waals surface area (Å²) < 4.78 is 28.7. The van der Waals surface area contributed by atoms with E-state index in [0.29, 0.717) is 10.7 Å². The van der Waals surface area contributed by atoms with Crippen molar-refractivity contribution in [1.82, 2.24) is 14.3 Å². The molecule has 9 heteroatoms. The Labute approximate surface area is 232 Å². The van der Waals surface area contributed by atoms with Gasteiger partial charge in [-0.1, -0.05) is 53.8 Å². The summed E-state index contributed by atoms with van der Waals surface area (Å²) >= 11 is 1.46. The zero-order valence-corrected chi connectivity index (χ0v) is 23.5. The quantitative estimate of drug-likeness (QED) is 0.235. The molecule has 0 aliphatic rings. The van der Waals surface area contributed by atoms with Crippen molar-refractivity contribution in [1.29, 1.82) is 0 Å². The van der Waals surface area contributed by atoms with Crippen LogP contribution < -0.4 is 4.90 Å². The Morgan fingerprint density at radius 2 is 1.62 bits per heavy atom. The van der Waals surface area contributed by atoms with Gasteiger partial charge in [0.05, 0.1) is 21.7 Å². The van der Waals surface area contributed by atoms with Crippen molar-refractivity contribution in [3.05, 3.63) is 119 Å². The average molecular weight is 557 g/mol. The fourth-order valence-corrected chi connectivity index (χ4v) is 6.70. The summed E-state index contributed by atoms with van der Waals surface area (Å²) in [7, 11) is -2.19. The third-order valence-corrected chi connectivity index (χ3v) is 9.26. The van der Waals surface area contributed by atoms with Gasteiger partial charge in [0.1, 0.15) is 0 Å². The highest BCUT2D eigenvalue weighted by atomic mass is 32.2. The number of aromatic nitrogens is 2. The van der Waals surface area contributed by atoms with Crippen LogP contribution in [0.4, 0.5) is 5.13 Å². The summed E-state index contributed by atoms with van der Waals surface area (Å²) in [5, 5.41) is 0.576. The van der Waals surface area contributed by atoms with E-state index in [0.717, 1.165) is 32.5 Å². The number of anilines is 1. The molecular weight excluding hydrogens is 528 g/mol. The zero-order valence-electron chi connectivity index (χ0n) is 21.9. The zero-order chi connectivity index (χ0) is 27.6. The second-order valence-corrected chi connectivity index (χ2v) is 12.5. The molecule has 0 spiro atoms. The van der Waals surface area contributed by atoms with Crippen LogP contribution in [0.15, 0.2) is 96.2 Å². The fourth-order valence-electron chi connectivity index (χ4n) is 4.41. The maximum absolute atomic E-state index is 13.8. The maximum Gasteiger partial charge on any atom is 0.260 e. The van der Waals surface area contributed by atoms with Crippen molar-refractivity contribution in [3.63, 3.8) is 0 Å². The Kier molecular flexibility index (Phi) is 7.56. The van der Waals surface area contributed by atoms with Crippen LogP contribution in [0.25, 0.3) is 10.2 Å². The van der Waals surface area contributed by atoms with Gasteiger partial charge in [0.15, 0.2) is 5.13 Å². The summed E-state index contributed by atoms with van der Waals surface area (Å²) in [6, 6.07) is 23.4. The molecule has 2 aromatic heterocycles. The van der Waals surface area contributed by atoms with Gasteiger partial charge < -0.3 is 0 Å². The molecule has 5 rings (SSSR count). The number of nitrogens with zero attached hydrogens (tertiary/aromatic N) is 4. The van der Waals surface area contributed by atoms with Gasteiger partial charge in [-0.05, 0) is 72.5 Å². The monoisotopic (exact) mass is 556 g/mol. The standard InChI is InChI=1S/C30H28N4O3S2/c1-21-16-22(2)28-27(17-21)38-30(32-28)34(20-24-10-7-15-31-18-24)29(35)25-11-13-26(14-12-25)39(36,37)33(3)19-23-8-5-4-6-9-23/h4-18H,19-20H2,1-3H3. The van der Waals surface area contributed by atoms with E-state index >= 15 is 0 Å². The number of aryl methyl sites for hydroxylation is 2. The Bertz CT molecular complexity index is 1720. The topological polar surface area (TPSA) is 83.5 Å². The van der Waals surface area contributed by atoms with E-state index in [1.54, 1.807) is 36.5 Å². The van der Waals surface area contributed by atoms with E-state index in [2.05, 4.69) is 17.1 Å². The van der Waals surface area contributed by atoms with Gasteiger partial charge in [-0.15, -0.1) is 0 Å². The number of carbonyl (C=O) groups is 1. The molecule has 0 fully saturated rings. The molecule has 7 nitrogen and oxygen atoms in total. The molecule has 0 aliphatic heterocycles. The first kappa shape index (κ1) is 26.7. The fraction of sp³-hybridized carbons (Fsp3) is 0.167. The lowest BCUT2D eigenvalue weighted by Gasteiger charge is -2.21. The Balaban J connectivity index is 1.45. The lowest BCUT2D eigenvalue weighted by molar-refractivity contribution is 0.0985. The van der Waals surface area contributed by atoms with Gasteiger partial charge in [0.25, 0.3) is 5.91 Å². The Hall–Kier alpha value is -3.92. The molecule has 0 unspecified atom stereocenters. The highest BCUT2D eigenvalue weighted by Gasteiger charge is 2.25. The minimum Gasteiger partial charge on any atom is -0.279 e. The first-order valence-electron chi connectivity index (χ1n) is 12.4. The molecule has 198 valence electrons. The number of hydrogen-bond acceptors (Lipinski definition) is 6. The molecule has 39 heavy (non-hydrogen) atoms. The van der Waals surface area contributed by atoms with E-state index in [4.69, 9.17) is 4.98 Å². The van der Waals surface area contributed by atoms with Crippen LogP contribution in [0, 0.1) is 13.8 Å². The molecule has 0 saturated carbocycles. The van der Waals surface area contributed by atoms with E-state index in [1.807, 2.05) is 56.3 Å². The van der Waals surface area contributed by atoms with Crippen LogP contribution in [0.5, 0.6) is 0 Å². The number of sulfonamides is 1. The number of carbonyl (C=O) groups excluding carboxylic acids is 1. The minimum absolute atomic E-state index is 0.127. The minimum atomic E-state index is -3.74. The molecule has 5 aromatic rings. The van der Waals surface area contributed by atoms with Crippen molar-refractivity contribution >= 4 is 42.6 Å². The molecule has 2 heterocycles. The van der Waals surface area contributed by atoms with E-state index in [9.17, 15) is 13.2 Å². The molecule has 0 aliphatic carbocycles. The van der Waals surface area contributed by atoms with Gasteiger partial charge in [-0.25, -0.2) is 13.4 Å². The molecule has 0 N–H and O–H groups in total. The predicted molar refractivity (Wildman–Crippen MR) is 155 cm³/mol. The summed E-state index contributed by atoms with van der Waals surface area (Å²) in [5.74, 6) is -0.270. The number of benzene rings is 3. The normalized spacial score (nSPS) is 11.7. The molecule has 0 atom stereocenters. The van der Waals surface area contributed by atoms with Crippen LogP contribution in [0.3, 0.4) is 0 Å². The van der Waals surface area contributed by atoms with Crippen molar-refractivity contribution < 1.29 is 13.2 Å². The van der Waals surface area contributed by atoms with Gasteiger partial charge in [0, 0.05) is 31.5 Å². The van der Waals surface area contributed by atoms with Gasteiger partial charge in [0.2, 0.25) is 10.0 Å². The highest BCUT2D eigenvalue weighted by Crippen LogP contribution is 2.33. The molecule has 0 bridgehead atoms. The second-order valence-electron chi connectivity index (χ2n) is 9.45. The highest BCUT2D eigenvalue weighted by molar-refractivity contribution is 7.89. The maximum atomic E-state index is 13.8. The first-order chi connectivity index (χ1) is 18.7. The number of thiazole rings is 1. The van der Waals surface area contributed by atoms with Crippen molar-refractivity contribution in [2.45, 2.75) is 31.8 Å². The molecule has 0 saturated heterocycles. The summed E-state index contributed by atoms with van der Waals surface area (Å²) in [4.78, 5) is 24.6. The largest absolute Gasteiger partial charge is 0.279 e. The smallest absolute Gasteiger partial charge is 0.260 e. The Morgan fingerprint density at radius 3 is 2.31 bits per heavy atom. The first-order valence-corrected chi connectivity index (χ1v) is 14.7. The lowest BCUT2D eigenvalue weighted by Crippen LogP contribution is -2.30. The number of fused-ring (bicyclic) bond motifs is 1. The molecule has 3 aromatic carbocycles. The van der Waals surface area contributed by atoms with Gasteiger partial charge in [-0.2, -0.15) is 4.31 Å². The number of hydrogen-bond donors (Lipinski definition) is 0. The number of amides is 1. The van der Waals surface area contributed by atoms with E-state index in [1.165, 1.54) is 27.8 Å². The molecular formula is C30H28N4O3S2. The van der Waals surface area contributed by atoms with Crippen molar-refractivity contribution in [2.24, 2.45) is 0 Å². The Morgan fingerprint density at radius 1 is 0.897 bits per heavy atom. The van der Waals surface area contributed by atoms with Crippen LogP contribution in [-0.4, -0.2) is 35.6 Å². The molecule has 1 amide bonds. The third-order valence-electron chi connectivity index (χ3n) is 6.42. The molecule has 0 radical (unpaired) electrons. The van der Waals surface area contributed by atoms with Crippen LogP contribution in [0.2, 0.25) is 0 Å². The lowest BCUT2D eigenvalue weighted by atomic mass is 10.1. The van der Waals surface area contributed by atoms with Crippen LogP contribution >= 0.6 is 11.3 Å². The van der Waals surface area contributed by atoms with E-state index in [-0.39, 0.29) is 23.9 Å². The van der Waals surface area contributed by atoms with Crippen LogP contribution in [0.1, 0.15) is 32.6 Å². The average Bonchev–Trinajstić information content (AvgIpc) is 3.36.